The van der Waals surface area contributed by atoms with Crippen LogP contribution in [0.1, 0.15) is 44.5 Å². The van der Waals surface area contributed by atoms with Gasteiger partial charge in [0.05, 0.1) is 41.9 Å². The van der Waals surface area contributed by atoms with Crippen molar-refractivity contribution in [1.82, 2.24) is 19.1 Å². The highest BCUT2D eigenvalue weighted by molar-refractivity contribution is 6.07. The van der Waals surface area contributed by atoms with Crippen LogP contribution in [0.3, 0.4) is 0 Å². The van der Waals surface area contributed by atoms with Gasteiger partial charge in [-0.1, -0.05) is 6.07 Å². The van der Waals surface area contributed by atoms with E-state index in [0.29, 0.717) is 17.0 Å². The maximum atomic E-state index is 13.4. The Labute approximate surface area is 193 Å². The fraction of sp³-hybridized carbons (Fsp3) is 0.125. The predicted molar refractivity (Wildman–Crippen MR) is 116 cm³/mol. The first kappa shape index (κ1) is 24.0. The molecule has 1 unspecified atom stereocenters. The Morgan fingerprint density at radius 1 is 0.941 bits per heavy atom. The van der Waals surface area contributed by atoms with Gasteiger partial charge in [0.2, 0.25) is 5.78 Å². The van der Waals surface area contributed by atoms with Crippen LogP contribution in [-0.4, -0.2) is 30.0 Å². The molecule has 4 aromatic rings. The van der Waals surface area contributed by atoms with E-state index in [-0.39, 0.29) is 22.5 Å². The zero-order chi connectivity index (χ0) is 24.8. The van der Waals surface area contributed by atoms with Crippen molar-refractivity contribution < 1.29 is 18.7 Å². The zero-order valence-corrected chi connectivity index (χ0v) is 18.1. The average Bonchev–Trinajstić information content (AvgIpc) is 3.46. The third-order valence-electron chi connectivity index (χ3n) is 4.96. The highest BCUT2D eigenvalue weighted by Crippen LogP contribution is 2.22. The highest BCUT2D eigenvalue weighted by Gasteiger charge is 2.16. The van der Waals surface area contributed by atoms with Gasteiger partial charge in [-0.3, -0.25) is 4.79 Å². The highest BCUT2D eigenvalue weighted by atomic mass is 19.1. The summed E-state index contributed by atoms with van der Waals surface area (Å²) in [6.07, 6.45) is 5.02. The van der Waals surface area contributed by atoms with Gasteiger partial charge in [-0.05, 0) is 35.9 Å². The van der Waals surface area contributed by atoms with Crippen molar-refractivity contribution in [1.29, 1.82) is 10.5 Å². The minimum Gasteiger partial charge on any atom is -0.382 e. The van der Waals surface area contributed by atoms with E-state index in [1.54, 1.807) is 41.7 Å². The Kier molecular flexibility index (Phi) is 7.26. The summed E-state index contributed by atoms with van der Waals surface area (Å²) in [5, 5.41) is 27.2. The molecule has 0 saturated heterocycles. The van der Waals surface area contributed by atoms with Crippen molar-refractivity contribution in [3.05, 3.63) is 107 Å². The Bertz CT molecular complexity index is 1430. The third kappa shape index (κ3) is 5.04. The van der Waals surface area contributed by atoms with Crippen LogP contribution in [-0.2, 0) is 14.1 Å². The lowest BCUT2D eigenvalue weighted by Crippen LogP contribution is -2.07. The molecule has 0 spiro atoms. The molecule has 2 aromatic heterocycles. The number of aliphatic hydroxyl groups excluding tert-OH is 1. The van der Waals surface area contributed by atoms with Gasteiger partial charge in [0, 0.05) is 19.7 Å². The minimum atomic E-state index is -0.954. The van der Waals surface area contributed by atoms with Crippen LogP contribution in [0.5, 0.6) is 0 Å². The predicted octanol–water partition coefficient (Wildman–Crippen LogP) is 3.17. The Morgan fingerprint density at radius 2 is 1.53 bits per heavy atom. The SMILES string of the molecule is Cn1cncc1C(=O)c1ccc(C#N)c(F)c1.Cn1cncc1C(O)c1ccc(C#N)c(F)c1. The fourth-order valence-corrected chi connectivity index (χ4v) is 3.06. The summed E-state index contributed by atoms with van der Waals surface area (Å²) in [6.45, 7) is 0. The van der Waals surface area contributed by atoms with E-state index in [1.807, 2.05) is 0 Å². The van der Waals surface area contributed by atoms with E-state index in [9.17, 15) is 18.7 Å². The van der Waals surface area contributed by atoms with Gasteiger partial charge in [0.25, 0.3) is 0 Å². The van der Waals surface area contributed by atoms with Crippen LogP contribution in [0.2, 0.25) is 0 Å². The molecule has 4 rings (SSSR count). The number of benzene rings is 2. The topological polar surface area (TPSA) is 121 Å². The molecule has 1 atom stereocenters. The second kappa shape index (κ2) is 10.3. The maximum Gasteiger partial charge on any atom is 0.211 e. The molecule has 0 aliphatic rings. The van der Waals surface area contributed by atoms with Gasteiger partial charge in [-0.25, -0.2) is 18.7 Å². The number of rotatable bonds is 4. The van der Waals surface area contributed by atoms with Crippen molar-refractivity contribution in [2.75, 3.05) is 0 Å². The van der Waals surface area contributed by atoms with Crippen LogP contribution in [0, 0.1) is 34.3 Å². The van der Waals surface area contributed by atoms with E-state index in [0.717, 1.165) is 12.1 Å². The van der Waals surface area contributed by atoms with Gasteiger partial charge in [-0.15, -0.1) is 0 Å². The van der Waals surface area contributed by atoms with Crippen molar-refractivity contribution in [3.63, 3.8) is 0 Å². The first-order chi connectivity index (χ1) is 16.3. The van der Waals surface area contributed by atoms with E-state index < -0.39 is 17.7 Å². The fourth-order valence-electron chi connectivity index (χ4n) is 3.06. The van der Waals surface area contributed by atoms with Gasteiger partial charge in [0.15, 0.2) is 0 Å². The van der Waals surface area contributed by atoms with Gasteiger partial charge >= 0.3 is 0 Å². The number of nitriles is 2. The van der Waals surface area contributed by atoms with Crippen LogP contribution >= 0.6 is 0 Å². The van der Waals surface area contributed by atoms with E-state index in [4.69, 9.17) is 10.5 Å². The number of imidazole rings is 2. The number of carbonyl (C=O) groups is 1. The average molecular weight is 460 g/mol. The number of carbonyl (C=O) groups excluding carboxylic acids is 1. The maximum absolute atomic E-state index is 13.4. The van der Waals surface area contributed by atoms with Crippen LogP contribution < -0.4 is 0 Å². The Hall–Kier alpha value is -4.67. The molecule has 8 nitrogen and oxygen atoms in total. The molecule has 0 aliphatic carbocycles. The second-order valence-corrected chi connectivity index (χ2v) is 7.21. The minimum absolute atomic E-state index is 0.0362. The summed E-state index contributed by atoms with van der Waals surface area (Å²) in [7, 11) is 3.42. The first-order valence-electron chi connectivity index (χ1n) is 9.81. The number of nitrogens with zero attached hydrogens (tertiary/aromatic N) is 6. The number of ketones is 1. The van der Waals surface area contributed by atoms with Crippen molar-refractivity contribution >= 4 is 5.78 Å². The summed E-state index contributed by atoms with van der Waals surface area (Å²) in [5.74, 6) is -1.65. The van der Waals surface area contributed by atoms with Crippen LogP contribution in [0.4, 0.5) is 8.78 Å². The van der Waals surface area contributed by atoms with Gasteiger partial charge in [0.1, 0.15) is 35.6 Å². The van der Waals surface area contributed by atoms with E-state index in [1.165, 1.54) is 43.0 Å². The summed E-state index contributed by atoms with van der Waals surface area (Å²) in [4.78, 5) is 19.7. The lowest BCUT2D eigenvalue weighted by Gasteiger charge is -2.11. The zero-order valence-electron chi connectivity index (χ0n) is 18.1. The molecule has 2 heterocycles. The van der Waals surface area contributed by atoms with E-state index in [2.05, 4.69) is 9.97 Å². The molecule has 2 aromatic carbocycles. The molecule has 170 valence electrons. The van der Waals surface area contributed by atoms with Crippen molar-refractivity contribution in [3.8, 4) is 12.1 Å². The number of halogens is 2. The lowest BCUT2D eigenvalue weighted by atomic mass is 10.0. The van der Waals surface area contributed by atoms with Gasteiger partial charge < -0.3 is 14.2 Å². The molecule has 0 bridgehead atoms. The first-order valence-corrected chi connectivity index (χ1v) is 9.81. The van der Waals surface area contributed by atoms with Crippen molar-refractivity contribution in [2.45, 2.75) is 6.10 Å². The molecule has 0 saturated carbocycles. The standard InChI is InChI=1S/C12H10FN3O.C12H8FN3O/c2*1-16-7-15-6-11(16)12(17)8-2-3-9(5-14)10(13)4-8/h2-4,6-7,12,17H,1H3;2-4,6-7H,1H3. The number of hydrogen-bond acceptors (Lipinski definition) is 6. The Morgan fingerprint density at radius 3 is 2.03 bits per heavy atom. The molecule has 0 fully saturated rings. The molecule has 10 heteroatoms. The largest absolute Gasteiger partial charge is 0.382 e. The molecule has 34 heavy (non-hydrogen) atoms. The third-order valence-corrected chi connectivity index (χ3v) is 4.96. The Balaban J connectivity index is 0.000000191. The number of aromatic nitrogens is 4. The van der Waals surface area contributed by atoms with Crippen LogP contribution in [0.25, 0.3) is 0 Å². The quantitative estimate of drug-likeness (QED) is 0.467. The number of hydrogen-bond donors (Lipinski definition) is 1. The molecular weight excluding hydrogens is 442 g/mol. The molecule has 1 N–H and O–H groups in total. The van der Waals surface area contributed by atoms with Crippen LogP contribution in [0.15, 0.2) is 61.4 Å². The molecule has 0 aliphatic heterocycles. The smallest absolute Gasteiger partial charge is 0.211 e. The summed E-state index contributed by atoms with van der Waals surface area (Å²) in [5.41, 5.74) is 1.41. The lowest BCUT2D eigenvalue weighted by molar-refractivity contribution is 0.103. The van der Waals surface area contributed by atoms with Crippen molar-refractivity contribution in [2.24, 2.45) is 14.1 Å². The molecule has 0 radical (unpaired) electrons. The molecule has 0 amide bonds. The second-order valence-electron chi connectivity index (χ2n) is 7.21. The van der Waals surface area contributed by atoms with Gasteiger partial charge in [-0.2, -0.15) is 10.5 Å². The summed E-state index contributed by atoms with van der Waals surface area (Å²) >= 11 is 0. The summed E-state index contributed by atoms with van der Waals surface area (Å²) in [6, 6.07) is 11.3. The number of aryl methyl sites for hydroxylation is 2. The molecular formula is C24H18F2N6O2. The normalized spacial score (nSPS) is 11.0. The van der Waals surface area contributed by atoms with E-state index >= 15 is 0 Å². The monoisotopic (exact) mass is 460 g/mol. The summed E-state index contributed by atoms with van der Waals surface area (Å²) < 4.78 is 30.0. The number of aliphatic hydroxyl groups is 1.